The summed E-state index contributed by atoms with van der Waals surface area (Å²) in [7, 11) is 2.06. The molecule has 1 unspecified atom stereocenters. The smallest absolute Gasteiger partial charge is 0.278 e. The van der Waals surface area contributed by atoms with Crippen LogP contribution in [0.2, 0.25) is 5.02 Å². The SMILES string of the molecule is CN1CCNCC1c1noc(-c2ccn(-c3cccc(Cl)c3)n2)n1.Cl. The molecule has 25 heavy (non-hydrogen) atoms. The number of piperazine rings is 1. The van der Waals surface area contributed by atoms with Crippen molar-refractivity contribution in [2.45, 2.75) is 6.04 Å². The van der Waals surface area contributed by atoms with Gasteiger partial charge in [0, 0.05) is 30.9 Å². The van der Waals surface area contributed by atoms with Crippen molar-refractivity contribution < 1.29 is 4.52 Å². The lowest BCUT2D eigenvalue weighted by Crippen LogP contribution is -2.44. The minimum Gasteiger partial charge on any atom is -0.332 e. The van der Waals surface area contributed by atoms with Gasteiger partial charge >= 0.3 is 0 Å². The Hall–Kier alpha value is -1.93. The van der Waals surface area contributed by atoms with Crippen molar-refractivity contribution >= 4 is 24.0 Å². The summed E-state index contributed by atoms with van der Waals surface area (Å²) in [5.41, 5.74) is 1.52. The summed E-state index contributed by atoms with van der Waals surface area (Å²) in [5, 5.41) is 12.6. The van der Waals surface area contributed by atoms with Crippen LogP contribution in [-0.4, -0.2) is 51.5 Å². The molecule has 0 bridgehead atoms. The molecule has 3 heterocycles. The van der Waals surface area contributed by atoms with Crippen LogP contribution in [0.1, 0.15) is 11.9 Å². The first-order chi connectivity index (χ1) is 11.7. The van der Waals surface area contributed by atoms with Crippen LogP contribution in [0.5, 0.6) is 0 Å². The van der Waals surface area contributed by atoms with E-state index in [4.69, 9.17) is 16.1 Å². The van der Waals surface area contributed by atoms with E-state index in [9.17, 15) is 0 Å². The summed E-state index contributed by atoms with van der Waals surface area (Å²) in [4.78, 5) is 6.74. The van der Waals surface area contributed by atoms with Gasteiger partial charge in [-0.05, 0) is 31.3 Å². The summed E-state index contributed by atoms with van der Waals surface area (Å²) in [6.45, 7) is 2.74. The highest BCUT2D eigenvalue weighted by Gasteiger charge is 2.26. The zero-order valence-corrected chi connectivity index (χ0v) is 15.2. The van der Waals surface area contributed by atoms with Gasteiger partial charge in [0.05, 0.1) is 11.7 Å². The van der Waals surface area contributed by atoms with Crippen molar-refractivity contribution in [1.82, 2.24) is 30.1 Å². The molecule has 0 spiro atoms. The van der Waals surface area contributed by atoms with Gasteiger partial charge in [-0.2, -0.15) is 10.1 Å². The van der Waals surface area contributed by atoms with E-state index in [1.807, 2.05) is 36.5 Å². The van der Waals surface area contributed by atoms with E-state index in [1.54, 1.807) is 4.68 Å². The number of hydrogen-bond acceptors (Lipinski definition) is 6. The zero-order valence-electron chi connectivity index (χ0n) is 13.6. The Bertz CT molecular complexity index is 849. The predicted molar refractivity (Wildman–Crippen MR) is 97.4 cm³/mol. The van der Waals surface area contributed by atoms with Crippen molar-refractivity contribution in [1.29, 1.82) is 0 Å². The van der Waals surface area contributed by atoms with Crippen molar-refractivity contribution in [2.75, 3.05) is 26.7 Å². The van der Waals surface area contributed by atoms with Crippen molar-refractivity contribution in [3.8, 4) is 17.3 Å². The molecule has 1 aliphatic heterocycles. The third-order valence-electron chi connectivity index (χ3n) is 4.13. The van der Waals surface area contributed by atoms with Crippen LogP contribution in [0.25, 0.3) is 17.3 Å². The maximum Gasteiger partial charge on any atom is 0.278 e. The number of nitrogens with zero attached hydrogens (tertiary/aromatic N) is 5. The second kappa shape index (κ2) is 7.53. The molecule has 2 aromatic heterocycles. The zero-order chi connectivity index (χ0) is 16.5. The molecule has 7 nitrogen and oxygen atoms in total. The number of aromatic nitrogens is 4. The molecule has 1 aliphatic rings. The lowest BCUT2D eigenvalue weighted by molar-refractivity contribution is 0.190. The van der Waals surface area contributed by atoms with Gasteiger partial charge in [0.2, 0.25) is 0 Å². The molecule has 9 heteroatoms. The fraction of sp³-hybridized carbons (Fsp3) is 0.312. The van der Waals surface area contributed by atoms with E-state index in [2.05, 4.69) is 32.5 Å². The van der Waals surface area contributed by atoms with Crippen LogP contribution in [-0.2, 0) is 0 Å². The lowest BCUT2D eigenvalue weighted by Gasteiger charge is -2.30. The standard InChI is InChI=1S/C16H17ClN6O.ClH/c1-22-8-6-18-10-14(22)15-19-16(24-21-15)13-5-7-23(20-13)12-4-2-3-11(17)9-12;/h2-5,7,9,14,18H,6,8,10H2,1H3;1H. The molecule has 1 aromatic carbocycles. The van der Waals surface area contributed by atoms with Gasteiger partial charge in [-0.15, -0.1) is 12.4 Å². The highest BCUT2D eigenvalue weighted by molar-refractivity contribution is 6.30. The third kappa shape index (κ3) is 3.69. The number of likely N-dealkylation sites (N-methyl/N-ethyl adjacent to an activating group) is 1. The fourth-order valence-electron chi connectivity index (χ4n) is 2.77. The Balaban J connectivity index is 0.00000182. The topological polar surface area (TPSA) is 72.0 Å². The molecule has 0 radical (unpaired) electrons. The molecule has 1 fully saturated rings. The molecule has 132 valence electrons. The average Bonchev–Trinajstić information content (AvgIpc) is 3.25. The van der Waals surface area contributed by atoms with Crippen LogP contribution < -0.4 is 5.32 Å². The second-order valence-electron chi connectivity index (χ2n) is 5.78. The van der Waals surface area contributed by atoms with Crippen LogP contribution in [0.15, 0.2) is 41.1 Å². The number of rotatable bonds is 3. The third-order valence-corrected chi connectivity index (χ3v) is 4.37. The van der Waals surface area contributed by atoms with E-state index >= 15 is 0 Å². The van der Waals surface area contributed by atoms with Gasteiger partial charge in [0.25, 0.3) is 5.89 Å². The minimum atomic E-state index is 0. The van der Waals surface area contributed by atoms with Gasteiger partial charge in [-0.1, -0.05) is 22.8 Å². The minimum absolute atomic E-state index is 0. The van der Waals surface area contributed by atoms with E-state index in [1.165, 1.54) is 0 Å². The maximum absolute atomic E-state index is 6.03. The number of benzene rings is 1. The number of halogens is 2. The van der Waals surface area contributed by atoms with Crippen LogP contribution in [0.4, 0.5) is 0 Å². The van der Waals surface area contributed by atoms with Crippen LogP contribution in [0.3, 0.4) is 0 Å². The van der Waals surface area contributed by atoms with Gasteiger partial charge in [-0.3, -0.25) is 4.90 Å². The highest BCUT2D eigenvalue weighted by atomic mass is 35.5. The second-order valence-corrected chi connectivity index (χ2v) is 6.22. The lowest BCUT2D eigenvalue weighted by atomic mass is 10.2. The molecular formula is C16H18Cl2N6O. The summed E-state index contributed by atoms with van der Waals surface area (Å²) in [5.74, 6) is 1.10. The molecular weight excluding hydrogens is 363 g/mol. The Kier molecular flexibility index (Phi) is 5.39. The molecule has 1 atom stereocenters. The maximum atomic E-state index is 6.03. The molecule has 0 saturated carbocycles. The largest absolute Gasteiger partial charge is 0.332 e. The van der Waals surface area contributed by atoms with Gasteiger partial charge in [0.15, 0.2) is 11.5 Å². The Morgan fingerprint density at radius 2 is 2.20 bits per heavy atom. The van der Waals surface area contributed by atoms with Gasteiger partial charge in [0.1, 0.15) is 0 Å². The average molecular weight is 381 g/mol. The Morgan fingerprint density at radius 3 is 3.00 bits per heavy atom. The van der Waals surface area contributed by atoms with E-state index in [0.717, 1.165) is 25.3 Å². The highest BCUT2D eigenvalue weighted by Crippen LogP contribution is 2.22. The van der Waals surface area contributed by atoms with Gasteiger partial charge < -0.3 is 9.84 Å². The summed E-state index contributed by atoms with van der Waals surface area (Å²) >= 11 is 6.03. The van der Waals surface area contributed by atoms with Crippen molar-refractivity contribution in [3.05, 3.63) is 47.4 Å². The Morgan fingerprint density at radius 1 is 1.32 bits per heavy atom. The molecule has 0 aliphatic carbocycles. The summed E-state index contributed by atoms with van der Waals surface area (Å²) in [6, 6.07) is 9.46. The van der Waals surface area contributed by atoms with Crippen molar-refractivity contribution in [2.24, 2.45) is 0 Å². The molecule has 3 aromatic rings. The summed E-state index contributed by atoms with van der Waals surface area (Å²) < 4.78 is 7.14. The monoisotopic (exact) mass is 380 g/mol. The van der Waals surface area contributed by atoms with E-state index in [0.29, 0.717) is 22.4 Å². The Labute approximate surface area is 156 Å². The normalized spacial score (nSPS) is 18.1. The molecule has 0 amide bonds. The molecule has 1 saturated heterocycles. The van der Waals surface area contributed by atoms with Gasteiger partial charge in [-0.25, -0.2) is 4.68 Å². The molecule has 4 rings (SSSR count). The first kappa shape index (κ1) is 17.9. The van der Waals surface area contributed by atoms with Crippen LogP contribution >= 0.6 is 24.0 Å². The predicted octanol–water partition coefficient (Wildman–Crippen LogP) is 2.57. The fourth-order valence-corrected chi connectivity index (χ4v) is 2.95. The number of nitrogens with one attached hydrogen (secondary N) is 1. The van der Waals surface area contributed by atoms with E-state index < -0.39 is 0 Å². The first-order valence-electron chi connectivity index (χ1n) is 7.77. The van der Waals surface area contributed by atoms with E-state index in [-0.39, 0.29) is 18.4 Å². The number of hydrogen-bond donors (Lipinski definition) is 1. The van der Waals surface area contributed by atoms with Crippen LogP contribution in [0, 0.1) is 0 Å². The quantitative estimate of drug-likeness (QED) is 0.752. The van der Waals surface area contributed by atoms with Crippen molar-refractivity contribution in [3.63, 3.8) is 0 Å². The molecule has 1 N–H and O–H groups in total. The first-order valence-corrected chi connectivity index (χ1v) is 8.15. The summed E-state index contributed by atoms with van der Waals surface area (Å²) in [6.07, 6.45) is 1.85.